The van der Waals surface area contributed by atoms with Gasteiger partial charge in [-0.3, -0.25) is 4.90 Å². The quantitative estimate of drug-likeness (QED) is 0.927. The number of thiophene rings is 1. The van der Waals surface area contributed by atoms with E-state index in [1.165, 1.54) is 5.56 Å². The standard InChI is InChI=1S/C16H25N3O2S/c1-18(2)15(20)17-14-3-7-21-16(9-14)5-6-19(12-16)10-13-4-8-22-11-13/h4,8,11,14H,3,5-7,9-10,12H2,1-2H3,(H,17,20)/t14-,16-/m0/s1. The van der Waals surface area contributed by atoms with Crippen molar-refractivity contribution in [1.29, 1.82) is 0 Å². The van der Waals surface area contributed by atoms with Crippen molar-refractivity contribution >= 4 is 17.4 Å². The summed E-state index contributed by atoms with van der Waals surface area (Å²) >= 11 is 1.75. The van der Waals surface area contributed by atoms with E-state index in [-0.39, 0.29) is 17.7 Å². The van der Waals surface area contributed by atoms with Crippen molar-refractivity contribution in [2.45, 2.75) is 37.5 Å². The molecule has 0 unspecified atom stereocenters. The minimum absolute atomic E-state index is 0.00447. The number of rotatable bonds is 3. The van der Waals surface area contributed by atoms with Crippen molar-refractivity contribution in [2.75, 3.05) is 33.8 Å². The number of carbonyl (C=O) groups is 1. The molecule has 0 aromatic carbocycles. The molecule has 5 nitrogen and oxygen atoms in total. The van der Waals surface area contributed by atoms with Crippen LogP contribution >= 0.6 is 11.3 Å². The molecule has 2 aliphatic rings. The Morgan fingerprint density at radius 1 is 1.59 bits per heavy atom. The van der Waals surface area contributed by atoms with Gasteiger partial charge in [0.1, 0.15) is 0 Å². The second kappa shape index (κ2) is 6.56. The van der Waals surface area contributed by atoms with E-state index in [1.54, 1.807) is 30.3 Å². The summed E-state index contributed by atoms with van der Waals surface area (Å²) in [4.78, 5) is 15.9. The lowest BCUT2D eigenvalue weighted by Crippen LogP contribution is -2.51. The van der Waals surface area contributed by atoms with Crippen molar-refractivity contribution in [1.82, 2.24) is 15.1 Å². The molecular weight excluding hydrogens is 298 g/mol. The summed E-state index contributed by atoms with van der Waals surface area (Å²) in [7, 11) is 3.56. The average molecular weight is 323 g/mol. The van der Waals surface area contributed by atoms with Gasteiger partial charge in [0.15, 0.2) is 0 Å². The summed E-state index contributed by atoms with van der Waals surface area (Å²) in [6, 6.07) is 2.41. The van der Waals surface area contributed by atoms with Crippen LogP contribution in [0.1, 0.15) is 24.8 Å². The zero-order chi connectivity index (χ0) is 15.6. The summed E-state index contributed by atoms with van der Waals surface area (Å²) in [5, 5.41) is 7.47. The van der Waals surface area contributed by atoms with E-state index < -0.39 is 0 Å². The lowest BCUT2D eigenvalue weighted by molar-refractivity contribution is -0.0792. The highest BCUT2D eigenvalue weighted by Gasteiger charge is 2.43. The van der Waals surface area contributed by atoms with Gasteiger partial charge >= 0.3 is 6.03 Å². The Balaban J connectivity index is 1.56. The Hall–Kier alpha value is -1.11. The first kappa shape index (κ1) is 15.8. The van der Waals surface area contributed by atoms with Crippen molar-refractivity contribution in [3.63, 3.8) is 0 Å². The molecule has 6 heteroatoms. The van der Waals surface area contributed by atoms with E-state index in [1.807, 2.05) is 0 Å². The topological polar surface area (TPSA) is 44.8 Å². The maximum absolute atomic E-state index is 11.9. The van der Waals surface area contributed by atoms with Crippen LogP contribution in [0.2, 0.25) is 0 Å². The van der Waals surface area contributed by atoms with Crippen molar-refractivity contribution < 1.29 is 9.53 Å². The van der Waals surface area contributed by atoms with Crippen molar-refractivity contribution in [3.05, 3.63) is 22.4 Å². The average Bonchev–Trinajstić information content (AvgIpc) is 3.10. The third-order valence-corrected chi connectivity index (χ3v) is 5.34. The van der Waals surface area contributed by atoms with Gasteiger partial charge in [0.2, 0.25) is 0 Å². The normalized spacial score (nSPS) is 28.9. The molecule has 0 bridgehead atoms. The molecule has 1 spiro atoms. The molecule has 1 aromatic heterocycles. The van der Waals surface area contributed by atoms with Crippen LogP contribution in [-0.4, -0.2) is 61.3 Å². The van der Waals surface area contributed by atoms with Crippen LogP contribution in [0, 0.1) is 0 Å². The molecule has 1 aromatic rings. The molecule has 2 saturated heterocycles. The Morgan fingerprint density at radius 2 is 2.45 bits per heavy atom. The van der Waals surface area contributed by atoms with E-state index >= 15 is 0 Å². The summed E-state index contributed by atoms with van der Waals surface area (Å²) in [6.45, 7) is 3.79. The third-order valence-electron chi connectivity index (χ3n) is 4.61. The lowest BCUT2D eigenvalue weighted by Gasteiger charge is -2.38. The van der Waals surface area contributed by atoms with E-state index in [0.29, 0.717) is 0 Å². The molecular formula is C16H25N3O2S. The van der Waals surface area contributed by atoms with Gasteiger partial charge in [0.05, 0.1) is 5.60 Å². The highest BCUT2D eigenvalue weighted by Crippen LogP contribution is 2.35. The minimum Gasteiger partial charge on any atom is -0.373 e. The molecule has 0 saturated carbocycles. The first-order valence-corrected chi connectivity index (χ1v) is 8.86. The smallest absolute Gasteiger partial charge is 0.317 e. The van der Waals surface area contributed by atoms with Crippen LogP contribution in [0.25, 0.3) is 0 Å². The third kappa shape index (κ3) is 3.62. The highest BCUT2D eigenvalue weighted by atomic mass is 32.1. The number of nitrogens with zero attached hydrogens (tertiary/aromatic N) is 2. The summed E-state index contributed by atoms with van der Waals surface area (Å²) in [6.07, 6.45) is 2.89. The SMILES string of the molecule is CN(C)C(=O)N[C@H]1CCO[C@@]2(CCN(Cc3ccsc3)C2)C1. The second-order valence-electron chi connectivity index (χ2n) is 6.66. The number of ether oxygens (including phenoxy) is 1. The Kier molecular flexibility index (Phi) is 4.70. The van der Waals surface area contributed by atoms with Crippen LogP contribution in [0.3, 0.4) is 0 Å². The van der Waals surface area contributed by atoms with Crippen LogP contribution in [0.4, 0.5) is 4.79 Å². The fraction of sp³-hybridized carbons (Fsp3) is 0.688. The molecule has 3 heterocycles. The molecule has 2 amide bonds. The predicted molar refractivity (Wildman–Crippen MR) is 88.1 cm³/mol. The van der Waals surface area contributed by atoms with Gasteiger partial charge in [-0.25, -0.2) is 4.79 Å². The van der Waals surface area contributed by atoms with Gasteiger partial charge in [0, 0.05) is 46.4 Å². The van der Waals surface area contributed by atoms with E-state index in [9.17, 15) is 4.79 Å². The minimum atomic E-state index is -0.0709. The number of urea groups is 1. The fourth-order valence-electron chi connectivity index (χ4n) is 3.44. The van der Waals surface area contributed by atoms with Gasteiger partial charge < -0.3 is 15.0 Å². The number of hydrogen-bond donors (Lipinski definition) is 1. The maximum atomic E-state index is 11.9. The van der Waals surface area contributed by atoms with Crippen LogP contribution in [0.5, 0.6) is 0 Å². The second-order valence-corrected chi connectivity index (χ2v) is 7.44. The largest absolute Gasteiger partial charge is 0.373 e. The first-order chi connectivity index (χ1) is 10.6. The summed E-state index contributed by atoms with van der Waals surface area (Å²) < 4.78 is 6.14. The molecule has 2 aliphatic heterocycles. The number of hydrogen-bond acceptors (Lipinski definition) is 4. The van der Waals surface area contributed by atoms with E-state index in [4.69, 9.17) is 4.74 Å². The zero-order valence-electron chi connectivity index (χ0n) is 13.4. The monoisotopic (exact) mass is 323 g/mol. The van der Waals surface area contributed by atoms with Crippen LogP contribution in [0.15, 0.2) is 16.8 Å². The summed E-state index contributed by atoms with van der Waals surface area (Å²) in [5.41, 5.74) is 1.31. The Bertz CT molecular complexity index is 505. The lowest BCUT2D eigenvalue weighted by atomic mass is 9.89. The molecule has 22 heavy (non-hydrogen) atoms. The van der Waals surface area contributed by atoms with E-state index in [2.05, 4.69) is 27.0 Å². The highest BCUT2D eigenvalue weighted by molar-refractivity contribution is 7.07. The van der Waals surface area contributed by atoms with Crippen molar-refractivity contribution in [2.24, 2.45) is 0 Å². The molecule has 0 radical (unpaired) electrons. The Morgan fingerprint density at radius 3 is 3.18 bits per heavy atom. The summed E-state index contributed by atoms with van der Waals surface area (Å²) in [5.74, 6) is 0. The number of carbonyl (C=O) groups excluding carboxylic acids is 1. The Labute approximate surface area is 136 Å². The van der Waals surface area contributed by atoms with Gasteiger partial charge in [-0.05, 0) is 41.7 Å². The van der Waals surface area contributed by atoms with E-state index in [0.717, 1.165) is 45.5 Å². The van der Waals surface area contributed by atoms with Gasteiger partial charge in [-0.2, -0.15) is 11.3 Å². The predicted octanol–water partition coefficient (Wildman–Crippen LogP) is 2.14. The first-order valence-electron chi connectivity index (χ1n) is 7.92. The number of amides is 2. The number of nitrogens with one attached hydrogen (secondary N) is 1. The van der Waals surface area contributed by atoms with Gasteiger partial charge in [0.25, 0.3) is 0 Å². The molecule has 2 fully saturated rings. The molecule has 1 N–H and O–H groups in total. The molecule has 2 atom stereocenters. The van der Waals surface area contributed by atoms with Crippen LogP contribution in [-0.2, 0) is 11.3 Å². The van der Waals surface area contributed by atoms with Gasteiger partial charge in [-0.15, -0.1) is 0 Å². The van der Waals surface area contributed by atoms with Crippen molar-refractivity contribution in [3.8, 4) is 0 Å². The molecule has 122 valence electrons. The maximum Gasteiger partial charge on any atom is 0.317 e. The fourth-order valence-corrected chi connectivity index (χ4v) is 4.10. The van der Waals surface area contributed by atoms with Crippen LogP contribution < -0.4 is 5.32 Å². The van der Waals surface area contributed by atoms with Gasteiger partial charge in [-0.1, -0.05) is 0 Å². The molecule has 0 aliphatic carbocycles. The molecule has 3 rings (SSSR count). The number of likely N-dealkylation sites (tertiary alicyclic amines) is 1. The zero-order valence-corrected chi connectivity index (χ0v) is 14.2.